The van der Waals surface area contributed by atoms with E-state index in [4.69, 9.17) is 4.74 Å². The van der Waals surface area contributed by atoms with E-state index in [1.54, 1.807) is 4.90 Å². The average Bonchev–Trinajstić information content (AvgIpc) is 2.46. The lowest BCUT2D eigenvalue weighted by atomic mass is 9.89. The number of carbonyl (C=O) groups is 1. The first-order valence-electron chi connectivity index (χ1n) is 9.17. The SMILES string of the molecule is CCC1CCCCN1CC1(O)CCN(C(=O)OC(C)(C)C)CC1. The van der Waals surface area contributed by atoms with Gasteiger partial charge < -0.3 is 14.7 Å². The van der Waals surface area contributed by atoms with Crippen molar-refractivity contribution in [2.24, 2.45) is 0 Å². The molecule has 0 aromatic carbocycles. The number of likely N-dealkylation sites (tertiary alicyclic amines) is 2. The molecule has 0 radical (unpaired) electrons. The molecular weight excluding hydrogens is 292 g/mol. The zero-order valence-electron chi connectivity index (χ0n) is 15.3. The second kappa shape index (κ2) is 7.39. The Labute approximate surface area is 141 Å². The van der Waals surface area contributed by atoms with Gasteiger partial charge in [0.25, 0.3) is 0 Å². The second-order valence-corrected chi connectivity index (χ2v) is 8.22. The molecule has 1 atom stereocenters. The van der Waals surface area contributed by atoms with Crippen LogP contribution in [0.5, 0.6) is 0 Å². The monoisotopic (exact) mass is 326 g/mol. The zero-order valence-corrected chi connectivity index (χ0v) is 15.3. The second-order valence-electron chi connectivity index (χ2n) is 8.22. The minimum Gasteiger partial charge on any atom is -0.444 e. The smallest absolute Gasteiger partial charge is 0.410 e. The van der Waals surface area contributed by atoms with Gasteiger partial charge in [-0.1, -0.05) is 13.3 Å². The molecule has 1 amide bonds. The van der Waals surface area contributed by atoms with Crippen LogP contribution in [0.15, 0.2) is 0 Å². The van der Waals surface area contributed by atoms with E-state index in [-0.39, 0.29) is 6.09 Å². The molecule has 1 unspecified atom stereocenters. The molecule has 0 saturated carbocycles. The molecule has 5 heteroatoms. The third kappa shape index (κ3) is 5.35. The molecule has 2 aliphatic rings. The number of amides is 1. The summed E-state index contributed by atoms with van der Waals surface area (Å²) in [7, 11) is 0. The van der Waals surface area contributed by atoms with Gasteiger partial charge in [-0.15, -0.1) is 0 Å². The number of hydrogen-bond donors (Lipinski definition) is 1. The van der Waals surface area contributed by atoms with Crippen LogP contribution in [-0.2, 0) is 4.74 Å². The number of rotatable bonds is 3. The van der Waals surface area contributed by atoms with E-state index in [0.717, 1.165) is 19.5 Å². The summed E-state index contributed by atoms with van der Waals surface area (Å²) in [6.45, 7) is 10.9. The topological polar surface area (TPSA) is 53.0 Å². The van der Waals surface area contributed by atoms with Crippen LogP contribution in [0.1, 0.15) is 66.2 Å². The minimum absolute atomic E-state index is 0.260. The summed E-state index contributed by atoms with van der Waals surface area (Å²) < 4.78 is 5.42. The van der Waals surface area contributed by atoms with E-state index in [1.165, 1.54) is 19.3 Å². The van der Waals surface area contributed by atoms with E-state index < -0.39 is 11.2 Å². The molecule has 5 nitrogen and oxygen atoms in total. The van der Waals surface area contributed by atoms with Crippen LogP contribution in [-0.4, -0.2) is 64.4 Å². The Hall–Kier alpha value is -0.810. The zero-order chi connectivity index (χ0) is 17.1. The first-order chi connectivity index (χ1) is 10.7. The van der Waals surface area contributed by atoms with Gasteiger partial charge >= 0.3 is 6.09 Å². The quantitative estimate of drug-likeness (QED) is 0.866. The predicted molar refractivity (Wildman–Crippen MR) is 91.5 cm³/mol. The highest BCUT2D eigenvalue weighted by atomic mass is 16.6. The molecular formula is C18H34N2O3. The van der Waals surface area contributed by atoms with Gasteiger partial charge in [0.05, 0.1) is 5.60 Å². The summed E-state index contributed by atoms with van der Waals surface area (Å²) in [4.78, 5) is 16.3. The number of ether oxygens (including phenoxy) is 1. The largest absolute Gasteiger partial charge is 0.444 e. The average molecular weight is 326 g/mol. The first-order valence-corrected chi connectivity index (χ1v) is 9.17. The maximum atomic E-state index is 12.1. The molecule has 0 aliphatic carbocycles. The molecule has 0 bridgehead atoms. The van der Waals surface area contributed by atoms with Crippen LogP contribution in [0.2, 0.25) is 0 Å². The van der Waals surface area contributed by atoms with E-state index in [2.05, 4.69) is 11.8 Å². The number of hydrogen-bond acceptors (Lipinski definition) is 4. The third-order valence-electron chi connectivity index (χ3n) is 5.06. The number of carbonyl (C=O) groups excluding carboxylic acids is 1. The Bertz CT molecular complexity index is 398. The Morgan fingerprint density at radius 2 is 1.87 bits per heavy atom. The third-order valence-corrected chi connectivity index (χ3v) is 5.06. The molecule has 0 aromatic rings. The molecule has 2 heterocycles. The van der Waals surface area contributed by atoms with Crippen molar-refractivity contribution in [1.29, 1.82) is 0 Å². The van der Waals surface area contributed by atoms with Gasteiger partial charge in [-0.05, 0) is 59.4 Å². The molecule has 1 N–H and O–H groups in total. The van der Waals surface area contributed by atoms with Gasteiger partial charge in [0.2, 0.25) is 0 Å². The van der Waals surface area contributed by atoms with Crippen molar-refractivity contribution < 1.29 is 14.6 Å². The number of nitrogens with zero attached hydrogens (tertiary/aromatic N) is 2. The molecule has 23 heavy (non-hydrogen) atoms. The molecule has 2 saturated heterocycles. The normalized spacial score (nSPS) is 26.1. The highest BCUT2D eigenvalue weighted by molar-refractivity contribution is 5.68. The Morgan fingerprint density at radius 1 is 1.22 bits per heavy atom. The summed E-state index contributed by atoms with van der Waals surface area (Å²) in [5, 5.41) is 10.9. The highest BCUT2D eigenvalue weighted by Gasteiger charge is 2.38. The Kier molecular flexibility index (Phi) is 5.95. The van der Waals surface area contributed by atoms with Crippen LogP contribution in [0.3, 0.4) is 0 Å². The molecule has 2 fully saturated rings. The van der Waals surface area contributed by atoms with E-state index >= 15 is 0 Å². The molecule has 134 valence electrons. The van der Waals surface area contributed by atoms with Gasteiger partial charge in [-0.3, -0.25) is 4.90 Å². The predicted octanol–water partition coefficient (Wildman–Crippen LogP) is 3.01. The van der Waals surface area contributed by atoms with Crippen molar-refractivity contribution in [3.8, 4) is 0 Å². The van der Waals surface area contributed by atoms with Gasteiger partial charge in [-0.2, -0.15) is 0 Å². The lowest BCUT2D eigenvalue weighted by molar-refractivity contribution is -0.0610. The summed E-state index contributed by atoms with van der Waals surface area (Å²) in [5.41, 5.74) is -1.13. The van der Waals surface area contributed by atoms with Crippen molar-refractivity contribution in [1.82, 2.24) is 9.80 Å². The van der Waals surface area contributed by atoms with Gasteiger partial charge in [0.15, 0.2) is 0 Å². The fraction of sp³-hybridized carbons (Fsp3) is 0.944. The van der Waals surface area contributed by atoms with Gasteiger partial charge in [-0.25, -0.2) is 4.79 Å². The highest BCUT2D eigenvalue weighted by Crippen LogP contribution is 2.28. The van der Waals surface area contributed by atoms with E-state index in [1.807, 2.05) is 20.8 Å². The maximum absolute atomic E-state index is 12.1. The van der Waals surface area contributed by atoms with E-state index in [0.29, 0.717) is 32.0 Å². The van der Waals surface area contributed by atoms with Crippen LogP contribution in [0.4, 0.5) is 4.79 Å². The van der Waals surface area contributed by atoms with Gasteiger partial charge in [0, 0.05) is 25.7 Å². The summed E-state index contributed by atoms with van der Waals surface area (Å²) >= 11 is 0. The summed E-state index contributed by atoms with van der Waals surface area (Å²) in [6, 6.07) is 0.608. The number of β-amino-alcohol motifs (C(OH)–C–C–N with tert-alkyl or cyclic N) is 1. The standard InChI is InChI=1S/C18H34N2O3/c1-5-15-8-6-7-11-20(15)14-18(22)9-12-19(13-10-18)16(21)23-17(2,3)4/h15,22H,5-14H2,1-4H3. The molecule has 2 aliphatic heterocycles. The number of aliphatic hydroxyl groups is 1. The summed E-state index contributed by atoms with van der Waals surface area (Å²) in [5.74, 6) is 0. The lowest BCUT2D eigenvalue weighted by Gasteiger charge is -2.44. The summed E-state index contributed by atoms with van der Waals surface area (Å²) in [6.07, 6.45) is 5.95. The maximum Gasteiger partial charge on any atom is 0.410 e. The van der Waals surface area contributed by atoms with Crippen molar-refractivity contribution >= 4 is 6.09 Å². The van der Waals surface area contributed by atoms with E-state index in [9.17, 15) is 9.90 Å². The Morgan fingerprint density at radius 3 is 2.43 bits per heavy atom. The van der Waals surface area contributed by atoms with Crippen molar-refractivity contribution in [2.45, 2.75) is 83.5 Å². The fourth-order valence-corrected chi connectivity index (χ4v) is 3.70. The molecule has 2 rings (SSSR count). The first kappa shape index (κ1) is 18.5. The van der Waals surface area contributed by atoms with Crippen LogP contribution >= 0.6 is 0 Å². The van der Waals surface area contributed by atoms with Crippen LogP contribution in [0, 0.1) is 0 Å². The van der Waals surface area contributed by atoms with Gasteiger partial charge in [0.1, 0.15) is 5.60 Å². The lowest BCUT2D eigenvalue weighted by Crippen LogP contribution is -2.55. The molecule has 0 spiro atoms. The van der Waals surface area contributed by atoms with Crippen molar-refractivity contribution in [2.75, 3.05) is 26.2 Å². The minimum atomic E-state index is -0.663. The fourth-order valence-electron chi connectivity index (χ4n) is 3.70. The Balaban J connectivity index is 1.85. The number of piperidine rings is 2. The molecule has 0 aromatic heterocycles. The van der Waals surface area contributed by atoms with Crippen molar-refractivity contribution in [3.63, 3.8) is 0 Å². The van der Waals surface area contributed by atoms with Crippen LogP contribution < -0.4 is 0 Å². The van der Waals surface area contributed by atoms with Crippen molar-refractivity contribution in [3.05, 3.63) is 0 Å². The van der Waals surface area contributed by atoms with Crippen LogP contribution in [0.25, 0.3) is 0 Å².